The summed E-state index contributed by atoms with van der Waals surface area (Å²) >= 11 is 0. The fourth-order valence-corrected chi connectivity index (χ4v) is 4.91. The molecule has 2 aliphatic heterocycles. The molecular formula is C31H27N2O+. The molecule has 4 aromatic rings. The van der Waals surface area contributed by atoms with Gasteiger partial charge in [-0.3, -0.25) is 0 Å². The van der Waals surface area contributed by atoms with E-state index in [9.17, 15) is 0 Å². The Morgan fingerprint density at radius 1 is 0.971 bits per heavy atom. The third-order valence-electron chi connectivity index (χ3n) is 6.70. The van der Waals surface area contributed by atoms with Crippen molar-refractivity contribution in [3.05, 3.63) is 120 Å². The second-order valence-corrected chi connectivity index (χ2v) is 9.00. The molecule has 0 radical (unpaired) electrons. The lowest BCUT2D eigenvalue weighted by atomic mass is 10.0. The number of aromatic nitrogens is 1. The highest BCUT2D eigenvalue weighted by molar-refractivity contribution is 5.86. The van der Waals surface area contributed by atoms with E-state index in [1.165, 1.54) is 44.4 Å². The summed E-state index contributed by atoms with van der Waals surface area (Å²) in [5, 5.41) is 1.25. The van der Waals surface area contributed by atoms with Gasteiger partial charge in [0, 0.05) is 18.7 Å². The molecule has 34 heavy (non-hydrogen) atoms. The van der Waals surface area contributed by atoms with Crippen LogP contribution in [0, 0.1) is 0 Å². The number of aryl methyl sites for hydroxylation is 1. The molecular weight excluding hydrogens is 416 g/mol. The van der Waals surface area contributed by atoms with Crippen LogP contribution in [0.1, 0.15) is 18.1 Å². The van der Waals surface area contributed by atoms with Crippen LogP contribution in [0.4, 0.5) is 5.69 Å². The van der Waals surface area contributed by atoms with Crippen LogP contribution in [0.15, 0.2) is 109 Å². The van der Waals surface area contributed by atoms with Gasteiger partial charge in [-0.1, -0.05) is 66.3 Å². The van der Waals surface area contributed by atoms with Gasteiger partial charge in [0.25, 0.3) is 0 Å². The summed E-state index contributed by atoms with van der Waals surface area (Å²) in [5.74, 6) is 1.87. The summed E-state index contributed by atoms with van der Waals surface area (Å²) in [6, 6.07) is 25.7. The van der Waals surface area contributed by atoms with Crippen molar-refractivity contribution in [2.75, 3.05) is 11.4 Å². The van der Waals surface area contributed by atoms with E-state index in [4.69, 9.17) is 4.74 Å². The van der Waals surface area contributed by atoms with Crippen LogP contribution in [0.3, 0.4) is 0 Å². The summed E-state index contributed by atoms with van der Waals surface area (Å²) in [5.41, 5.74) is 8.66. The second kappa shape index (κ2) is 8.35. The summed E-state index contributed by atoms with van der Waals surface area (Å²) < 4.78 is 8.47. The quantitative estimate of drug-likeness (QED) is 0.261. The molecule has 0 saturated carbocycles. The molecule has 0 atom stereocenters. The third kappa shape index (κ3) is 3.60. The van der Waals surface area contributed by atoms with Gasteiger partial charge in [0.2, 0.25) is 11.4 Å². The number of benzene rings is 3. The van der Waals surface area contributed by atoms with Crippen molar-refractivity contribution < 1.29 is 9.30 Å². The Bertz CT molecular complexity index is 1500. The minimum absolute atomic E-state index is 0.906. The number of fused-ring (bicyclic) bond motifs is 1. The van der Waals surface area contributed by atoms with Crippen molar-refractivity contribution >= 4 is 22.7 Å². The number of anilines is 1. The first-order chi connectivity index (χ1) is 16.7. The largest absolute Gasteiger partial charge is 0.439 e. The highest BCUT2D eigenvalue weighted by Gasteiger charge is 2.33. The highest BCUT2D eigenvalue weighted by atomic mass is 16.5. The van der Waals surface area contributed by atoms with E-state index in [1.807, 2.05) is 0 Å². The van der Waals surface area contributed by atoms with Crippen molar-refractivity contribution in [2.24, 2.45) is 7.05 Å². The lowest BCUT2D eigenvalue weighted by molar-refractivity contribution is -0.644. The Kier molecular flexibility index (Phi) is 5.03. The number of pyridine rings is 1. The molecule has 3 aromatic carbocycles. The Morgan fingerprint density at radius 3 is 2.68 bits per heavy atom. The van der Waals surface area contributed by atoms with E-state index in [0.29, 0.717) is 0 Å². The molecule has 3 heterocycles. The lowest BCUT2D eigenvalue weighted by Gasteiger charge is -2.11. The number of nitrogens with zero attached hydrogens (tertiary/aromatic N) is 2. The SMILES string of the molecule is CC(/C=C/c1cc[n+](C)c2ccccc12)=C\C=C1/Oc2cc(-c3ccccc3)cc3c2N1CC3. The summed E-state index contributed by atoms with van der Waals surface area (Å²) in [6.45, 7) is 3.09. The number of hydrogen-bond donors (Lipinski definition) is 0. The third-order valence-corrected chi connectivity index (χ3v) is 6.70. The van der Waals surface area contributed by atoms with Gasteiger partial charge < -0.3 is 9.64 Å². The summed E-state index contributed by atoms with van der Waals surface area (Å²) in [6.07, 6.45) is 11.8. The van der Waals surface area contributed by atoms with Gasteiger partial charge >= 0.3 is 0 Å². The minimum Gasteiger partial charge on any atom is -0.439 e. The van der Waals surface area contributed by atoms with E-state index in [0.717, 1.165) is 24.6 Å². The highest BCUT2D eigenvalue weighted by Crippen LogP contribution is 2.47. The van der Waals surface area contributed by atoms with Crippen molar-refractivity contribution in [1.29, 1.82) is 0 Å². The average Bonchev–Trinajstić information content (AvgIpc) is 3.47. The van der Waals surface area contributed by atoms with Gasteiger partial charge in [-0.2, -0.15) is 0 Å². The predicted octanol–water partition coefficient (Wildman–Crippen LogP) is 6.59. The fraction of sp³-hybridized carbons (Fsp3) is 0.129. The van der Waals surface area contributed by atoms with Crippen LogP contribution in [0.2, 0.25) is 0 Å². The standard InChI is InChI=1S/C31H27N2O/c1-22(12-14-24-16-18-32(2)28-11-7-6-10-27(24)28)13-15-30-33-19-17-25-20-26(21-29(34-30)31(25)33)23-8-4-3-5-9-23/h3-16,18,20-21H,17,19H2,1-2H3/q+1. The number of allylic oxidation sites excluding steroid dienone is 4. The van der Waals surface area contributed by atoms with Gasteiger partial charge in [-0.05, 0) is 59.9 Å². The Morgan fingerprint density at radius 2 is 1.79 bits per heavy atom. The molecule has 0 saturated heterocycles. The van der Waals surface area contributed by atoms with Gasteiger partial charge in [-0.15, -0.1) is 0 Å². The number of rotatable bonds is 4. The lowest BCUT2D eigenvalue weighted by Crippen LogP contribution is -2.28. The molecule has 0 fully saturated rings. The second-order valence-electron chi connectivity index (χ2n) is 9.00. The molecule has 0 unspecified atom stereocenters. The van der Waals surface area contributed by atoms with E-state index < -0.39 is 0 Å². The maximum absolute atomic E-state index is 6.31. The Balaban J connectivity index is 1.26. The van der Waals surface area contributed by atoms with Crippen LogP contribution in [0.5, 0.6) is 5.75 Å². The van der Waals surface area contributed by atoms with E-state index in [1.54, 1.807) is 0 Å². The molecule has 1 aromatic heterocycles. The zero-order valence-electron chi connectivity index (χ0n) is 19.5. The molecule has 2 aliphatic rings. The molecule has 0 N–H and O–H groups in total. The molecule has 3 nitrogen and oxygen atoms in total. The fourth-order valence-electron chi connectivity index (χ4n) is 4.91. The molecule has 3 heteroatoms. The van der Waals surface area contributed by atoms with Crippen LogP contribution >= 0.6 is 0 Å². The molecule has 166 valence electrons. The normalized spacial score (nSPS) is 16.0. The molecule has 0 bridgehead atoms. The minimum atomic E-state index is 0.906. The Labute approximate surface area is 200 Å². The monoisotopic (exact) mass is 443 g/mol. The predicted molar refractivity (Wildman–Crippen MR) is 140 cm³/mol. The van der Waals surface area contributed by atoms with E-state index in [2.05, 4.69) is 127 Å². The molecule has 6 rings (SSSR count). The van der Waals surface area contributed by atoms with Crippen molar-refractivity contribution in [2.45, 2.75) is 13.3 Å². The topological polar surface area (TPSA) is 16.4 Å². The van der Waals surface area contributed by atoms with E-state index >= 15 is 0 Å². The zero-order chi connectivity index (χ0) is 23.1. The van der Waals surface area contributed by atoms with Crippen LogP contribution < -0.4 is 14.2 Å². The van der Waals surface area contributed by atoms with Crippen molar-refractivity contribution in [1.82, 2.24) is 0 Å². The van der Waals surface area contributed by atoms with Gasteiger partial charge in [0.1, 0.15) is 7.05 Å². The number of para-hydroxylation sites is 1. The number of ether oxygens (including phenoxy) is 1. The van der Waals surface area contributed by atoms with Crippen LogP contribution in [0.25, 0.3) is 28.1 Å². The molecule has 0 aliphatic carbocycles. The zero-order valence-corrected chi connectivity index (χ0v) is 19.5. The van der Waals surface area contributed by atoms with Gasteiger partial charge in [-0.25, -0.2) is 4.57 Å². The van der Waals surface area contributed by atoms with Crippen molar-refractivity contribution in [3.8, 4) is 16.9 Å². The summed E-state index contributed by atoms with van der Waals surface area (Å²) in [4.78, 5) is 2.30. The van der Waals surface area contributed by atoms with Gasteiger partial charge in [0.05, 0.1) is 11.1 Å². The first-order valence-corrected chi connectivity index (χ1v) is 11.8. The van der Waals surface area contributed by atoms with Crippen LogP contribution in [-0.2, 0) is 13.5 Å². The molecule has 0 spiro atoms. The Hall–Kier alpha value is -4.11. The van der Waals surface area contributed by atoms with Crippen LogP contribution in [-0.4, -0.2) is 6.54 Å². The maximum Gasteiger partial charge on any atom is 0.212 e. The van der Waals surface area contributed by atoms with Gasteiger partial charge in [0.15, 0.2) is 11.9 Å². The van der Waals surface area contributed by atoms with E-state index in [-0.39, 0.29) is 0 Å². The average molecular weight is 444 g/mol. The molecule has 0 amide bonds. The first-order valence-electron chi connectivity index (χ1n) is 11.8. The summed E-state index contributed by atoms with van der Waals surface area (Å²) in [7, 11) is 2.08. The van der Waals surface area contributed by atoms with Crippen molar-refractivity contribution in [3.63, 3.8) is 0 Å². The smallest absolute Gasteiger partial charge is 0.212 e. The maximum atomic E-state index is 6.31. The first kappa shape index (κ1) is 20.5. The number of hydrogen-bond acceptors (Lipinski definition) is 2.